The van der Waals surface area contributed by atoms with Crippen molar-refractivity contribution in [1.82, 2.24) is 5.32 Å². The number of nitrogens with one attached hydrogen (secondary N) is 1. The highest BCUT2D eigenvalue weighted by Crippen LogP contribution is 2.38. The summed E-state index contributed by atoms with van der Waals surface area (Å²) in [6.07, 6.45) is 1.48. The Morgan fingerprint density at radius 2 is 1.96 bits per heavy atom. The Morgan fingerprint density at radius 3 is 2.65 bits per heavy atom. The summed E-state index contributed by atoms with van der Waals surface area (Å²) in [5.41, 5.74) is 1.13. The highest BCUT2D eigenvalue weighted by molar-refractivity contribution is 6.00. The van der Waals surface area contributed by atoms with E-state index in [1.165, 1.54) is 0 Å². The second kappa shape index (κ2) is 6.52. The van der Waals surface area contributed by atoms with Crippen LogP contribution in [0, 0.1) is 11.8 Å². The molecular formula is C18H21NO4. The lowest BCUT2D eigenvalue weighted by Crippen LogP contribution is -2.56. The molecule has 4 unspecified atom stereocenters. The first-order valence-electron chi connectivity index (χ1n) is 8.14. The number of hydrogen-bond donors (Lipinski definition) is 1. The van der Waals surface area contributed by atoms with Crippen molar-refractivity contribution in [3.8, 4) is 0 Å². The van der Waals surface area contributed by atoms with Crippen molar-refractivity contribution >= 4 is 17.7 Å². The van der Waals surface area contributed by atoms with Crippen LogP contribution in [0.5, 0.6) is 0 Å². The molecule has 2 aliphatic rings. The van der Waals surface area contributed by atoms with Crippen LogP contribution in [-0.2, 0) is 19.1 Å². The number of carbonyl (C=O) groups is 3. The van der Waals surface area contributed by atoms with Crippen molar-refractivity contribution in [3.05, 3.63) is 35.9 Å². The van der Waals surface area contributed by atoms with E-state index in [0.717, 1.165) is 12.0 Å². The average molecular weight is 315 g/mol. The largest absolute Gasteiger partial charge is 0.465 e. The molecule has 1 aromatic carbocycles. The van der Waals surface area contributed by atoms with Crippen molar-refractivity contribution in [2.75, 3.05) is 6.61 Å². The second-order valence-electron chi connectivity index (χ2n) is 6.28. The monoisotopic (exact) mass is 315 g/mol. The van der Waals surface area contributed by atoms with Gasteiger partial charge in [-0.1, -0.05) is 30.3 Å². The van der Waals surface area contributed by atoms with Gasteiger partial charge in [-0.05, 0) is 31.2 Å². The molecule has 1 aliphatic heterocycles. The van der Waals surface area contributed by atoms with E-state index in [1.54, 1.807) is 6.92 Å². The Labute approximate surface area is 135 Å². The maximum absolute atomic E-state index is 12.5. The fourth-order valence-corrected chi connectivity index (χ4v) is 3.70. The van der Waals surface area contributed by atoms with Gasteiger partial charge in [0.15, 0.2) is 0 Å². The molecule has 1 aromatic rings. The molecule has 2 fully saturated rings. The average Bonchev–Trinajstić information content (AvgIpc) is 2.55. The zero-order valence-electron chi connectivity index (χ0n) is 13.2. The second-order valence-corrected chi connectivity index (χ2v) is 6.28. The Morgan fingerprint density at radius 1 is 1.22 bits per heavy atom. The number of Topliss-reactive ketones (excluding diaryl/α,β-unsaturated/α-hetero) is 1. The predicted octanol–water partition coefficient (Wildman–Crippen LogP) is 1.82. The van der Waals surface area contributed by atoms with E-state index in [-0.39, 0.29) is 42.6 Å². The number of benzene rings is 1. The van der Waals surface area contributed by atoms with Gasteiger partial charge in [0.2, 0.25) is 5.91 Å². The number of rotatable bonds is 3. The summed E-state index contributed by atoms with van der Waals surface area (Å²) in [5, 5.41) is 2.88. The Hall–Kier alpha value is -2.17. The highest BCUT2D eigenvalue weighted by atomic mass is 16.5. The number of amides is 1. The summed E-state index contributed by atoms with van der Waals surface area (Å²) in [4.78, 5) is 36.6. The van der Waals surface area contributed by atoms with Crippen LogP contribution in [0.15, 0.2) is 30.3 Å². The summed E-state index contributed by atoms with van der Waals surface area (Å²) in [7, 11) is 0. The molecule has 1 N–H and O–H groups in total. The molecule has 0 bridgehead atoms. The molecule has 1 heterocycles. The third kappa shape index (κ3) is 3.14. The highest BCUT2D eigenvalue weighted by Gasteiger charge is 2.46. The minimum atomic E-state index is -0.853. The lowest BCUT2D eigenvalue weighted by molar-refractivity contribution is -0.156. The molecule has 1 amide bonds. The molecule has 5 nitrogen and oxygen atoms in total. The zero-order valence-corrected chi connectivity index (χ0v) is 13.2. The first kappa shape index (κ1) is 15.7. The topological polar surface area (TPSA) is 72.5 Å². The normalized spacial score (nSPS) is 30.3. The van der Waals surface area contributed by atoms with E-state index in [1.807, 2.05) is 30.3 Å². The SMILES string of the molecule is CCOC(=O)C1CC2C(=O)CC(c3ccccc3)CC2NC1=O. The standard InChI is InChI=1S/C18H21NO4/c1-2-23-18(22)14-10-13-15(19-17(14)21)8-12(9-16(13)20)11-6-4-3-5-7-11/h3-7,12-15H,2,8-10H2,1H3,(H,19,21). The summed E-state index contributed by atoms with van der Waals surface area (Å²) >= 11 is 0. The maximum atomic E-state index is 12.5. The quantitative estimate of drug-likeness (QED) is 0.682. The smallest absolute Gasteiger partial charge is 0.318 e. The van der Waals surface area contributed by atoms with E-state index in [0.29, 0.717) is 6.42 Å². The van der Waals surface area contributed by atoms with E-state index in [4.69, 9.17) is 4.74 Å². The molecule has 0 aromatic heterocycles. The maximum Gasteiger partial charge on any atom is 0.318 e. The van der Waals surface area contributed by atoms with Gasteiger partial charge in [0.25, 0.3) is 0 Å². The molecular weight excluding hydrogens is 294 g/mol. The van der Waals surface area contributed by atoms with Crippen LogP contribution in [0.25, 0.3) is 0 Å². The van der Waals surface area contributed by atoms with Crippen LogP contribution in [0.2, 0.25) is 0 Å². The van der Waals surface area contributed by atoms with Gasteiger partial charge < -0.3 is 10.1 Å². The van der Waals surface area contributed by atoms with Crippen LogP contribution in [0.3, 0.4) is 0 Å². The molecule has 1 saturated carbocycles. The molecule has 122 valence electrons. The first-order valence-corrected chi connectivity index (χ1v) is 8.14. The van der Waals surface area contributed by atoms with Crippen LogP contribution in [-0.4, -0.2) is 30.3 Å². The van der Waals surface area contributed by atoms with E-state index in [2.05, 4.69) is 5.32 Å². The van der Waals surface area contributed by atoms with Crippen molar-refractivity contribution in [2.24, 2.45) is 11.8 Å². The molecule has 5 heteroatoms. The Bertz CT molecular complexity index is 613. The Kier molecular flexibility index (Phi) is 4.46. The van der Waals surface area contributed by atoms with Crippen LogP contribution in [0.1, 0.15) is 37.7 Å². The van der Waals surface area contributed by atoms with Gasteiger partial charge in [-0.3, -0.25) is 14.4 Å². The summed E-state index contributed by atoms with van der Waals surface area (Å²) in [5.74, 6) is -1.71. The van der Waals surface area contributed by atoms with Crippen molar-refractivity contribution in [1.29, 1.82) is 0 Å². The number of hydrogen-bond acceptors (Lipinski definition) is 4. The molecule has 1 aliphatic carbocycles. The van der Waals surface area contributed by atoms with Crippen LogP contribution < -0.4 is 5.32 Å². The van der Waals surface area contributed by atoms with Gasteiger partial charge in [-0.15, -0.1) is 0 Å². The molecule has 23 heavy (non-hydrogen) atoms. The van der Waals surface area contributed by atoms with Crippen molar-refractivity contribution in [3.63, 3.8) is 0 Å². The lowest BCUT2D eigenvalue weighted by atomic mass is 9.69. The molecule has 3 rings (SSSR count). The van der Waals surface area contributed by atoms with Crippen molar-refractivity contribution < 1.29 is 19.1 Å². The summed E-state index contributed by atoms with van der Waals surface area (Å²) in [6, 6.07) is 9.72. The fraction of sp³-hybridized carbons (Fsp3) is 0.500. The number of ketones is 1. The first-order chi connectivity index (χ1) is 11.1. The molecule has 0 radical (unpaired) electrons. The lowest BCUT2D eigenvalue weighted by Gasteiger charge is -2.40. The van der Waals surface area contributed by atoms with Gasteiger partial charge >= 0.3 is 5.97 Å². The zero-order chi connectivity index (χ0) is 16.4. The van der Waals surface area contributed by atoms with E-state index < -0.39 is 11.9 Å². The van der Waals surface area contributed by atoms with Crippen molar-refractivity contribution in [2.45, 2.75) is 38.1 Å². The number of piperidine rings is 1. The van der Waals surface area contributed by atoms with Gasteiger partial charge in [-0.2, -0.15) is 0 Å². The Balaban J connectivity index is 1.74. The van der Waals surface area contributed by atoms with Gasteiger partial charge in [-0.25, -0.2) is 0 Å². The molecule has 4 atom stereocenters. The third-order valence-electron chi connectivity index (χ3n) is 4.86. The van der Waals surface area contributed by atoms with Gasteiger partial charge in [0, 0.05) is 18.4 Å². The third-order valence-corrected chi connectivity index (χ3v) is 4.86. The van der Waals surface area contributed by atoms with E-state index in [9.17, 15) is 14.4 Å². The summed E-state index contributed by atoms with van der Waals surface area (Å²) < 4.78 is 4.95. The van der Waals surface area contributed by atoms with Gasteiger partial charge in [0.1, 0.15) is 11.7 Å². The van der Waals surface area contributed by atoms with Crippen LogP contribution in [0.4, 0.5) is 0 Å². The van der Waals surface area contributed by atoms with Crippen LogP contribution >= 0.6 is 0 Å². The minimum absolute atomic E-state index is 0.129. The molecule has 0 spiro atoms. The predicted molar refractivity (Wildman–Crippen MR) is 83.6 cm³/mol. The number of carbonyl (C=O) groups excluding carboxylic acids is 3. The number of ether oxygens (including phenoxy) is 1. The van der Waals surface area contributed by atoms with Gasteiger partial charge in [0.05, 0.1) is 6.61 Å². The molecule has 1 saturated heterocycles. The fourth-order valence-electron chi connectivity index (χ4n) is 3.70. The number of esters is 1. The van der Waals surface area contributed by atoms with E-state index >= 15 is 0 Å². The summed E-state index contributed by atoms with van der Waals surface area (Å²) in [6.45, 7) is 1.94. The minimum Gasteiger partial charge on any atom is -0.465 e. The number of fused-ring (bicyclic) bond motifs is 1.